The van der Waals surface area contributed by atoms with E-state index in [1.54, 1.807) is 0 Å². The van der Waals surface area contributed by atoms with Gasteiger partial charge in [-0.15, -0.1) is 0 Å². The van der Waals surface area contributed by atoms with Crippen LogP contribution in [0.1, 0.15) is 52.4 Å². The number of esters is 1. The summed E-state index contributed by atoms with van der Waals surface area (Å²) >= 11 is 0. The van der Waals surface area contributed by atoms with E-state index < -0.39 is 8.80 Å². The second-order valence-corrected chi connectivity index (χ2v) is 10.4. The largest absolute Gasteiger partial charge is 0.494 e. The second-order valence-electron chi connectivity index (χ2n) is 6.95. The van der Waals surface area contributed by atoms with Crippen molar-refractivity contribution >= 4 is 14.8 Å². The number of benzene rings is 1. The van der Waals surface area contributed by atoms with Gasteiger partial charge in [-0.2, -0.15) is 0 Å². The van der Waals surface area contributed by atoms with Gasteiger partial charge in [0.15, 0.2) is 0 Å². The molecule has 0 atom stereocenters. The molecule has 1 aliphatic rings. The third-order valence-electron chi connectivity index (χ3n) is 4.91. The van der Waals surface area contributed by atoms with Crippen molar-refractivity contribution in [2.45, 2.75) is 70.5 Å². The van der Waals surface area contributed by atoms with Crippen LogP contribution in [0.15, 0.2) is 24.3 Å². The fourth-order valence-corrected chi connectivity index (χ4v) is 6.87. The Hall–Kier alpha value is -1.29. The highest BCUT2D eigenvalue weighted by atomic mass is 28.3. The number of rotatable bonds is 9. The van der Waals surface area contributed by atoms with E-state index in [4.69, 9.17) is 9.47 Å². The summed E-state index contributed by atoms with van der Waals surface area (Å²) in [5.74, 6) is 1.52. The quantitative estimate of drug-likeness (QED) is 0.266. The van der Waals surface area contributed by atoms with Gasteiger partial charge in [-0.1, -0.05) is 51.2 Å². The Morgan fingerprint density at radius 1 is 1.04 bits per heavy atom. The van der Waals surface area contributed by atoms with Gasteiger partial charge in [0.1, 0.15) is 11.5 Å². The molecule has 134 valence electrons. The molecule has 24 heavy (non-hydrogen) atoms. The van der Waals surface area contributed by atoms with Crippen molar-refractivity contribution in [2.24, 2.45) is 5.92 Å². The third kappa shape index (κ3) is 6.31. The van der Waals surface area contributed by atoms with E-state index in [1.165, 1.54) is 37.4 Å². The minimum atomic E-state index is -0.565. The van der Waals surface area contributed by atoms with Crippen molar-refractivity contribution in [2.75, 3.05) is 6.61 Å². The highest BCUT2D eigenvalue weighted by molar-refractivity contribution is 6.59. The lowest BCUT2D eigenvalue weighted by Crippen LogP contribution is -2.28. The van der Waals surface area contributed by atoms with E-state index in [1.807, 2.05) is 24.3 Å². The summed E-state index contributed by atoms with van der Waals surface area (Å²) in [5, 5.41) is 0. The molecule has 0 saturated carbocycles. The summed E-state index contributed by atoms with van der Waals surface area (Å²) in [6.07, 6.45) is 7.14. The zero-order valence-corrected chi connectivity index (χ0v) is 16.4. The molecule has 1 aromatic rings. The van der Waals surface area contributed by atoms with Crippen LogP contribution in [-0.4, -0.2) is 21.4 Å². The maximum atomic E-state index is 12.4. The maximum Gasteiger partial charge on any atom is 0.314 e. The average molecular weight is 349 g/mol. The van der Waals surface area contributed by atoms with E-state index in [9.17, 15) is 4.79 Å². The zero-order valence-electron chi connectivity index (χ0n) is 15.3. The van der Waals surface area contributed by atoms with Gasteiger partial charge in [0.05, 0.1) is 12.5 Å². The summed E-state index contributed by atoms with van der Waals surface area (Å²) in [4.78, 5) is 12.4. The van der Waals surface area contributed by atoms with Crippen LogP contribution in [0.4, 0.5) is 0 Å². The van der Waals surface area contributed by atoms with Crippen LogP contribution in [0.5, 0.6) is 11.5 Å². The van der Waals surface area contributed by atoms with Gasteiger partial charge in [0.25, 0.3) is 0 Å². The van der Waals surface area contributed by atoms with Crippen LogP contribution in [0.2, 0.25) is 18.1 Å². The number of unbranched alkanes of at least 4 members (excludes halogenated alkanes) is 2. The van der Waals surface area contributed by atoms with Gasteiger partial charge in [-0.3, -0.25) is 4.79 Å². The lowest BCUT2D eigenvalue weighted by molar-refractivity contribution is -0.139. The minimum absolute atomic E-state index is 0.0433. The molecular formula is C20H32O3Si. The van der Waals surface area contributed by atoms with Crippen molar-refractivity contribution < 1.29 is 14.3 Å². The van der Waals surface area contributed by atoms with Gasteiger partial charge in [0, 0.05) is 8.80 Å². The molecule has 4 heteroatoms. The van der Waals surface area contributed by atoms with Crippen LogP contribution in [0.3, 0.4) is 0 Å². The van der Waals surface area contributed by atoms with E-state index in [0.29, 0.717) is 12.4 Å². The standard InChI is InChI=1S/C20H32O3Si/c1-3-5-6-14-24-15-11-17(12-16-24)20(21)23-19-9-7-18(8-10-19)22-13-4-2/h7-10,17,24H,3-6,11-16H2,1-2H3. The van der Waals surface area contributed by atoms with Crippen LogP contribution < -0.4 is 9.47 Å². The summed E-state index contributed by atoms with van der Waals surface area (Å²) in [6, 6.07) is 11.5. The first-order chi connectivity index (χ1) is 11.7. The Bertz CT molecular complexity index is 478. The molecule has 1 fully saturated rings. The third-order valence-corrected chi connectivity index (χ3v) is 8.44. The van der Waals surface area contributed by atoms with Gasteiger partial charge < -0.3 is 9.47 Å². The molecule has 0 spiro atoms. The second kappa shape index (κ2) is 10.5. The van der Waals surface area contributed by atoms with Crippen molar-refractivity contribution in [3.63, 3.8) is 0 Å². The van der Waals surface area contributed by atoms with Gasteiger partial charge in [-0.05, 0) is 43.5 Å². The predicted octanol–water partition coefficient (Wildman–Crippen LogP) is 5.21. The van der Waals surface area contributed by atoms with Gasteiger partial charge in [-0.25, -0.2) is 0 Å². The summed E-state index contributed by atoms with van der Waals surface area (Å²) < 4.78 is 11.1. The number of hydrogen-bond acceptors (Lipinski definition) is 3. The summed E-state index contributed by atoms with van der Waals surface area (Å²) in [7, 11) is -0.565. The molecule has 0 aliphatic carbocycles. The first kappa shape index (κ1) is 19.0. The Balaban J connectivity index is 1.73. The molecule has 0 amide bonds. The first-order valence-electron chi connectivity index (χ1n) is 9.67. The lowest BCUT2D eigenvalue weighted by Gasteiger charge is -2.26. The van der Waals surface area contributed by atoms with Crippen molar-refractivity contribution in [3.05, 3.63) is 24.3 Å². The van der Waals surface area contributed by atoms with E-state index >= 15 is 0 Å². The van der Waals surface area contributed by atoms with Crippen molar-refractivity contribution in [3.8, 4) is 11.5 Å². The van der Waals surface area contributed by atoms with Crippen LogP contribution in [0.25, 0.3) is 0 Å². The number of hydrogen-bond donors (Lipinski definition) is 0. The highest BCUT2D eigenvalue weighted by Gasteiger charge is 2.28. The predicted molar refractivity (Wildman–Crippen MR) is 102 cm³/mol. The van der Waals surface area contributed by atoms with E-state index in [2.05, 4.69) is 13.8 Å². The van der Waals surface area contributed by atoms with E-state index in [0.717, 1.165) is 25.0 Å². The Kier molecular flexibility index (Phi) is 8.37. The van der Waals surface area contributed by atoms with Crippen LogP contribution >= 0.6 is 0 Å². The SMILES string of the molecule is CCCCC[SiH]1CCC(C(=O)Oc2ccc(OCCC)cc2)CC1. The van der Waals surface area contributed by atoms with Crippen molar-refractivity contribution in [1.29, 1.82) is 0 Å². The average Bonchev–Trinajstić information content (AvgIpc) is 2.62. The molecule has 0 radical (unpaired) electrons. The van der Waals surface area contributed by atoms with Crippen LogP contribution in [-0.2, 0) is 4.79 Å². The molecule has 2 rings (SSSR count). The first-order valence-corrected chi connectivity index (χ1v) is 12.1. The highest BCUT2D eigenvalue weighted by Crippen LogP contribution is 2.30. The zero-order chi connectivity index (χ0) is 17.2. The molecule has 1 saturated heterocycles. The fraction of sp³-hybridized carbons (Fsp3) is 0.650. The van der Waals surface area contributed by atoms with Gasteiger partial charge >= 0.3 is 5.97 Å². The lowest BCUT2D eigenvalue weighted by atomic mass is 10.0. The Morgan fingerprint density at radius 3 is 2.33 bits per heavy atom. The number of carbonyl (C=O) groups is 1. The van der Waals surface area contributed by atoms with Gasteiger partial charge in [0.2, 0.25) is 0 Å². The molecule has 1 heterocycles. The Morgan fingerprint density at radius 2 is 1.71 bits per heavy atom. The summed E-state index contributed by atoms with van der Waals surface area (Å²) in [5.41, 5.74) is 0. The molecule has 0 N–H and O–H groups in total. The molecule has 1 aromatic carbocycles. The monoisotopic (exact) mass is 348 g/mol. The molecule has 0 unspecified atom stereocenters. The Labute approximate surface area is 148 Å². The minimum Gasteiger partial charge on any atom is -0.494 e. The molecule has 0 aromatic heterocycles. The molecular weight excluding hydrogens is 316 g/mol. The molecule has 3 nitrogen and oxygen atoms in total. The van der Waals surface area contributed by atoms with Crippen LogP contribution in [0, 0.1) is 5.92 Å². The fourth-order valence-electron chi connectivity index (χ4n) is 3.39. The van der Waals surface area contributed by atoms with Crippen molar-refractivity contribution in [1.82, 2.24) is 0 Å². The number of carbonyl (C=O) groups excluding carboxylic acids is 1. The number of ether oxygens (including phenoxy) is 2. The summed E-state index contributed by atoms with van der Waals surface area (Å²) in [6.45, 7) is 5.05. The topological polar surface area (TPSA) is 35.5 Å². The molecule has 1 aliphatic heterocycles. The normalized spacial score (nSPS) is 20.6. The molecule has 0 bridgehead atoms. The maximum absolute atomic E-state index is 12.4. The van der Waals surface area contributed by atoms with E-state index in [-0.39, 0.29) is 11.9 Å². The smallest absolute Gasteiger partial charge is 0.314 e.